The zero-order chi connectivity index (χ0) is 19.7. The van der Waals surface area contributed by atoms with E-state index >= 15 is 0 Å². The largest absolute Gasteiger partial charge is 0.494 e. The second-order valence-electron chi connectivity index (χ2n) is 7.34. The third-order valence-corrected chi connectivity index (χ3v) is 6.68. The number of rotatable bonds is 6. The molecule has 2 aromatic heterocycles. The van der Waals surface area contributed by atoms with E-state index in [1.54, 1.807) is 20.8 Å². The molecule has 0 aliphatic carbocycles. The lowest BCUT2D eigenvalue weighted by molar-refractivity contribution is -1.02. The number of piperazine rings is 1. The zero-order valence-corrected chi connectivity index (χ0v) is 17.6. The number of fused-ring (bicyclic) bond motifs is 1. The second kappa shape index (κ2) is 8.06. The van der Waals surface area contributed by atoms with Gasteiger partial charge in [-0.1, -0.05) is 11.3 Å². The molecule has 0 bridgehead atoms. The molecule has 28 heavy (non-hydrogen) atoms. The number of quaternary nitrogens is 2. The average Bonchev–Trinajstić information content (AvgIpc) is 3.22. The molecule has 7 nitrogen and oxygen atoms in total. The van der Waals surface area contributed by atoms with Crippen LogP contribution in [0.15, 0.2) is 24.3 Å². The van der Waals surface area contributed by atoms with Gasteiger partial charge in [-0.15, -0.1) is 5.10 Å². The Labute approximate surface area is 169 Å². The van der Waals surface area contributed by atoms with Gasteiger partial charge in [0.05, 0.1) is 13.2 Å². The van der Waals surface area contributed by atoms with Gasteiger partial charge in [-0.2, -0.15) is 4.52 Å². The first kappa shape index (κ1) is 19.2. The highest BCUT2D eigenvalue weighted by Crippen LogP contribution is 2.35. The van der Waals surface area contributed by atoms with Crippen LogP contribution in [0, 0.1) is 6.92 Å². The first-order chi connectivity index (χ1) is 13.6. The molecule has 0 spiro atoms. The van der Waals surface area contributed by atoms with E-state index in [1.165, 1.54) is 17.0 Å². The Bertz CT molecular complexity index is 928. The first-order valence-electron chi connectivity index (χ1n) is 10.1. The van der Waals surface area contributed by atoms with Gasteiger partial charge in [-0.3, -0.25) is 0 Å². The van der Waals surface area contributed by atoms with Crippen molar-refractivity contribution in [3.63, 3.8) is 0 Å². The molecule has 0 amide bonds. The molecule has 4 rings (SSSR count). The topological polar surface area (TPSA) is 68.5 Å². The molecule has 3 aromatic rings. The molecule has 0 unspecified atom stereocenters. The van der Waals surface area contributed by atoms with Crippen molar-refractivity contribution in [2.45, 2.75) is 26.8 Å². The molecule has 0 saturated carbocycles. The van der Waals surface area contributed by atoms with E-state index in [0.29, 0.717) is 12.4 Å². The van der Waals surface area contributed by atoms with Crippen LogP contribution in [0.4, 0.5) is 0 Å². The second-order valence-corrected chi connectivity index (χ2v) is 8.35. The molecule has 1 saturated heterocycles. The van der Waals surface area contributed by atoms with Crippen LogP contribution >= 0.6 is 11.3 Å². The van der Waals surface area contributed by atoms with Gasteiger partial charge in [-0.25, -0.2) is 4.98 Å². The fraction of sp³-hybridized carbons (Fsp3) is 0.500. The fourth-order valence-electron chi connectivity index (χ4n) is 4.10. The number of benzene rings is 1. The lowest BCUT2D eigenvalue weighted by atomic mass is 10.0. The Kier molecular flexibility index (Phi) is 5.52. The molecule has 0 radical (unpaired) electrons. The van der Waals surface area contributed by atoms with Crippen molar-refractivity contribution >= 4 is 16.3 Å². The number of thiazole rings is 1. The molecule has 1 atom stereocenters. The Morgan fingerprint density at radius 1 is 1.18 bits per heavy atom. The molecule has 1 aliphatic heterocycles. The van der Waals surface area contributed by atoms with E-state index in [4.69, 9.17) is 4.74 Å². The van der Waals surface area contributed by atoms with E-state index in [1.807, 2.05) is 26.0 Å². The monoisotopic (exact) mass is 403 g/mol. The third-order valence-electron chi connectivity index (χ3n) is 5.60. The minimum absolute atomic E-state index is 0.0721. The lowest BCUT2D eigenvalue weighted by Crippen LogP contribution is -3.28. The summed E-state index contributed by atoms with van der Waals surface area (Å²) in [5.74, 6) is 1.78. The van der Waals surface area contributed by atoms with Crippen LogP contribution in [0.1, 0.15) is 36.2 Å². The molecule has 8 heteroatoms. The smallest absolute Gasteiger partial charge is 0.235 e. The Hall–Kier alpha value is -2.16. The number of hydrogen-bond acceptors (Lipinski definition) is 5. The number of nitrogens with one attached hydrogen (secondary N) is 2. The van der Waals surface area contributed by atoms with Gasteiger partial charge in [0, 0.05) is 5.56 Å². The van der Waals surface area contributed by atoms with Crippen LogP contribution in [0.2, 0.25) is 0 Å². The summed E-state index contributed by atoms with van der Waals surface area (Å²) in [6, 6.07) is 8.38. The molecular formula is C20H29N5O2S+2. The predicted molar refractivity (Wildman–Crippen MR) is 109 cm³/mol. The summed E-state index contributed by atoms with van der Waals surface area (Å²) >= 11 is 1.54. The number of aryl methyl sites for hydroxylation is 1. The van der Waals surface area contributed by atoms with Crippen molar-refractivity contribution in [2.75, 3.05) is 39.3 Å². The highest BCUT2D eigenvalue weighted by Gasteiger charge is 2.35. The number of hydrogen-bond donors (Lipinski definition) is 3. The van der Waals surface area contributed by atoms with Crippen LogP contribution in [0.5, 0.6) is 11.6 Å². The summed E-state index contributed by atoms with van der Waals surface area (Å²) in [6.07, 6.45) is 0. The maximum Gasteiger partial charge on any atom is 0.235 e. The van der Waals surface area contributed by atoms with E-state index in [9.17, 15) is 5.11 Å². The summed E-state index contributed by atoms with van der Waals surface area (Å²) in [5.41, 5.74) is 1.19. The molecule has 3 N–H and O–H groups in total. The van der Waals surface area contributed by atoms with Crippen LogP contribution in [-0.2, 0) is 0 Å². The minimum atomic E-state index is 0.0721. The van der Waals surface area contributed by atoms with Crippen molar-refractivity contribution in [1.29, 1.82) is 0 Å². The summed E-state index contributed by atoms with van der Waals surface area (Å²) in [4.78, 5) is 9.28. The molecular weight excluding hydrogens is 374 g/mol. The van der Waals surface area contributed by atoms with Crippen molar-refractivity contribution in [3.8, 4) is 11.6 Å². The molecule has 1 fully saturated rings. The average molecular weight is 404 g/mol. The van der Waals surface area contributed by atoms with Crippen LogP contribution in [0.3, 0.4) is 0 Å². The first-order valence-corrected chi connectivity index (χ1v) is 10.9. The van der Waals surface area contributed by atoms with E-state index in [-0.39, 0.29) is 11.9 Å². The maximum absolute atomic E-state index is 10.9. The van der Waals surface area contributed by atoms with Gasteiger partial charge in [0.15, 0.2) is 6.04 Å². The fourth-order valence-corrected chi connectivity index (χ4v) is 5.29. The van der Waals surface area contributed by atoms with Crippen LogP contribution < -0.4 is 14.5 Å². The minimum Gasteiger partial charge on any atom is -0.494 e. The van der Waals surface area contributed by atoms with Gasteiger partial charge < -0.3 is 19.6 Å². The SMILES string of the molecule is CCOc1ccc([C@@H](c2sc3nc(C)nn3c2O)[NH+]2CC[NH+](CC)CC2)cc1. The van der Waals surface area contributed by atoms with Crippen LogP contribution in [0.25, 0.3) is 4.96 Å². The number of aromatic hydroxyl groups is 1. The van der Waals surface area contributed by atoms with E-state index in [0.717, 1.165) is 41.8 Å². The molecule has 1 aliphatic rings. The number of aromatic nitrogens is 3. The number of likely N-dealkylation sites (N-methyl/N-ethyl adjacent to an activating group) is 1. The summed E-state index contributed by atoms with van der Waals surface area (Å²) in [5, 5.41) is 15.3. The summed E-state index contributed by atoms with van der Waals surface area (Å²) < 4.78 is 7.19. The van der Waals surface area contributed by atoms with Gasteiger partial charge in [0.25, 0.3) is 0 Å². The Balaban J connectivity index is 1.72. The van der Waals surface area contributed by atoms with Crippen molar-refractivity contribution in [2.24, 2.45) is 0 Å². The highest BCUT2D eigenvalue weighted by molar-refractivity contribution is 7.17. The number of nitrogens with zero attached hydrogens (tertiary/aromatic N) is 3. The Morgan fingerprint density at radius 2 is 1.89 bits per heavy atom. The van der Waals surface area contributed by atoms with Gasteiger partial charge in [0.1, 0.15) is 42.6 Å². The highest BCUT2D eigenvalue weighted by atomic mass is 32.1. The predicted octanol–water partition coefficient (Wildman–Crippen LogP) is 0.0962. The normalized spacial score (nSPS) is 21.1. The standard InChI is InChI=1S/C20H27N5O2S/c1-4-23-10-12-24(13-11-23)17(15-6-8-16(9-7-15)27-5-2)18-19(26)25-20(28-18)21-14(3)22-25/h6-9,17,26H,4-5,10-13H2,1-3H3/p+2/t17-/m0/s1. The van der Waals surface area contributed by atoms with E-state index < -0.39 is 0 Å². The van der Waals surface area contributed by atoms with Crippen molar-refractivity contribution in [1.82, 2.24) is 14.6 Å². The maximum atomic E-state index is 10.9. The summed E-state index contributed by atoms with van der Waals surface area (Å²) in [7, 11) is 0. The Morgan fingerprint density at radius 3 is 2.50 bits per heavy atom. The van der Waals surface area contributed by atoms with E-state index in [2.05, 4.69) is 29.1 Å². The lowest BCUT2D eigenvalue weighted by Gasteiger charge is -2.34. The molecule has 3 heterocycles. The third kappa shape index (κ3) is 3.59. The molecule has 1 aromatic carbocycles. The quantitative estimate of drug-likeness (QED) is 0.546. The molecule has 150 valence electrons. The van der Waals surface area contributed by atoms with Crippen molar-refractivity contribution < 1.29 is 19.6 Å². The van der Waals surface area contributed by atoms with Gasteiger partial charge in [0.2, 0.25) is 10.8 Å². The number of ether oxygens (including phenoxy) is 1. The van der Waals surface area contributed by atoms with Gasteiger partial charge in [-0.05, 0) is 45.0 Å². The van der Waals surface area contributed by atoms with Crippen molar-refractivity contribution in [3.05, 3.63) is 40.5 Å². The van der Waals surface area contributed by atoms with Gasteiger partial charge >= 0.3 is 0 Å². The van der Waals surface area contributed by atoms with Crippen LogP contribution in [-0.4, -0.2) is 59.0 Å². The summed E-state index contributed by atoms with van der Waals surface area (Å²) in [6.45, 7) is 12.4. The zero-order valence-electron chi connectivity index (χ0n) is 16.7.